The minimum absolute atomic E-state index is 0.362. The molecule has 0 aromatic rings. The molecule has 3 fully saturated rings. The topological polar surface area (TPSA) is 265 Å². The number of ether oxygens (including phenoxy) is 9. The minimum atomic E-state index is -1.17. The average molecular weight is 845 g/mol. The quantitative estimate of drug-likeness (QED) is 0.0427. The molecular weight excluding hydrogens is 768 g/mol. The molecule has 3 aliphatic heterocycles. The van der Waals surface area contributed by atoms with Crippen LogP contribution in [-0.2, 0) is 42.6 Å². The third-order valence-electron chi connectivity index (χ3n) is 11.3. The summed E-state index contributed by atoms with van der Waals surface area (Å²) >= 11 is 0. The van der Waals surface area contributed by atoms with Crippen LogP contribution in [0, 0.1) is 23.2 Å². The maximum atomic E-state index is 10.3. The highest BCUT2D eigenvalue weighted by atomic mass is 16.7. The molecule has 3 saturated heterocycles. The van der Waals surface area contributed by atoms with Crippen LogP contribution in [0.15, 0.2) is 0 Å². The van der Waals surface area contributed by atoms with E-state index in [1.165, 1.54) is 0 Å². The van der Waals surface area contributed by atoms with Crippen molar-refractivity contribution in [2.24, 2.45) is 23.2 Å². The van der Waals surface area contributed by atoms with E-state index in [1.54, 1.807) is 20.8 Å². The molecule has 0 amide bonds. The Morgan fingerprint density at radius 1 is 0.397 bits per heavy atom. The van der Waals surface area contributed by atoms with E-state index in [9.17, 15) is 46.0 Å². The monoisotopic (exact) mass is 845 g/mol. The van der Waals surface area contributed by atoms with Crippen molar-refractivity contribution in [2.75, 3.05) is 79.3 Å². The van der Waals surface area contributed by atoms with E-state index in [0.717, 1.165) is 38.5 Å². The van der Waals surface area contributed by atoms with E-state index in [1.807, 2.05) is 0 Å². The lowest BCUT2D eigenvalue weighted by molar-refractivity contribution is -0.282. The van der Waals surface area contributed by atoms with E-state index < -0.39 is 117 Å². The van der Waals surface area contributed by atoms with Crippen molar-refractivity contribution < 1.29 is 88.6 Å². The van der Waals surface area contributed by atoms with Crippen LogP contribution in [0.2, 0.25) is 0 Å². The first kappa shape index (κ1) is 51.6. The summed E-state index contributed by atoms with van der Waals surface area (Å²) in [5, 5.41) is 89.2. The molecule has 3 rings (SSSR count). The molecule has 18 heteroatoms. The van der Waals surface area contributed by atoms with Crippen LogP contribution in [0.1, 0.15) is 79.1 Å². The second kappa shape index (κ2) is 27.4. The van der Waals surface area contributed by atoms with Crippen molar-refractivity contribution in [3.8, 4) is 0 Å². The van der Waals surface area contributed by atoms with Crippen LogP contribution < -0.4 is 0 Å². The highest BCUT2D eigenvalue weighted by molar-refractivity contribution is 4.89. The van der Waals surface area contributed by atoms with Crippen molar-refractivity contribution in [1.29, 1.82) is 0 Å². The molecule has 3 heterocycles. The van der Waals surface area contributed by atoms with Gasteiger partial charge in [0, 0.05) is 62.8 Å². The first-order valence-electron chi connectivity index (χ1n) is 21.2. The third-order valence-corrected chi connectivity index (χ3v) is 11.3. The predicted molar refractivity (Wildman–Crippen MR) is 206 cm³/mol. The summed E-state index contributed by atoms with van der Waals surface area (Å²) in [6.07, 6.45) is -5.29. The smallest absolute Gasteiger partial charge is 0.163 e. The SMILES string of the molecule is C[C@H]1C(O)[C@@H](O)C(CO)O[C@H]1OCCCCCOCC(C)(COCCCCCO[C@@H]1OC(CO)[C@H](O)C(O)[C@@H]1C)COCCCCO[C@@H]1OC(CO)[C@H](O)C(O)[C@@H]1C. The van der Waals surface area contributed by atoms with Crippen LogP contribution in [0.4, 0.5) is 0 Å². The maximum Gasteiger partial charge on any atom is 0.163 e. The lowest BCUT2D eigenvalue weighted by Crippen LogP contribution is -2.55. The molecule has 0 spiro atoms. The van der Waals surface area contributed by atoms with Crippen molar-refractivity contribution in [2.45, 2.75) is 153 Å². The van der Waals surface area contributed by atoms with Gasteiger partial charge < -0.3 is 88.6 Å². The van der Waals surface area contributed by atoms with Gasteiger partial charge in [0.1, 0.15) is 36.6 Å². The standard InChI is InChI=1S/C40H76O18/c1-25-31(44)34(47)28(19-41)56-37(25)53-16-9-5-7-13-50-22-40(4,24-52-15-11-12-18-55-39-27(3)33(46)36(49)30(21-43)58-39)23-51-14-8-6-10-17-54-38-26(2)32(45)35(48)29(20-42)57-38/h25-39,41-49H,5-24H2,1-4H3/t25-,26-,27-,28?,29?,30?,31?,32?,33?,34-,35-,36-,37+,38+,39+,40?/m0/s1. The van der Waals surface area contributed by atoms with Crippen molar-refractivity contribution in [3.63, 3.8) is 0 Å². The molecule has 0 saturated carbocycles. The van der Waals surface area contributed by atoms with Gasteiger partial charge in [-0.25, -0.2) is 0 Å². The molecule has 0 aliphatic carbocycles. The van der Waals surface area contributed by atoms with Gasteiger partial charge in [-0.3, -0.25) is 0 Å². The van der Waals surface area contributed by atoms with Crippen molar-refractivity contribution in [1.82, 2.24) is 0 Å². The Morgan fingerprint density at radius 2 is 0.655 bits per heavy atom. The molecule has 0 aromatic heterocycles. The lowest BCUT2D eigenvalue weighted by Gasteiger charge is -2.40. The molecule has 0 aromatic carbocycles. The van der Waals surface area contributed by atoms with Gasteiger partial charge in [-0.1, -0.05) is 27.7 Å². The molecule has 0 bridgehead atoms. The fourth-order valence-corrected chi connectivity index (χ4v) is 7.18. The number of hydrogen-bond acceptors (Lipinski definition) is 18. The van der Waals surface area contributed by atoms with Gasteiger partial charge in [0.2, 0.25) is 0 Å². The molecule has 0 radical (unpaired) electrons. The summed E-state index contributed by atoms with van der Waals surface area (Å²) in [5.74, 6) is -1.32. The van der Waals surface area contributed by atoms with E-state index >= 15 is 0 Å². The number of aliphatic hydroxyl groups is 9. The van der Waals surface area contributed by atoms with E-state index in [-0.39, 0.29) is 0 Å². The fraction of sp³-hybridized carbons (Fsp3) is 1.00. The number of unbranched alkanes of at least 4 members (excludes halogenated alkanes) is 5. The second-order valence-electron chi connectivity index (χ2n) is 16.6. The van der Waals surface area contributed by atoms with Crippen LogP contribution in [0.25, 0.3) is 0 Å². The second-order valence-corrected chi connectivity index (χ2v) is 16.6. The zero-order chi connectivity index (χ0) is 42.7. The third kappa shape index (κ3) is 16.2. The van der Waals surface area contributed by atoms with Gasteiger partial charge in [-0.2, -0.15) is 0 Å². The van der Waals surface area contributed by atoms with Gasteiger partial charge in [-0.15, -0.1) is 0 Å². The van der Waals surface area contributed by atoms with Gasteiger partial charge in [0.05, 0.1) is 58.0 Å². The maximum absolute atomic E-state index is 10.3. The molecule has 344 valence electrons. The zero-order valence-corrected chi connectivity index (χ0v) is 35.0. The zero-order valence-electron chi connectivity index (χ0n) is 35.0. The summed E-state index contributed by atoms with van der Waals surface area (Å²) in [4.78, 5) is 0. The first-order valence-corrected chi connectivity index (χ1v) is 21.2. The Morgan fingerprint density at radius 3 is 0.948 bits per heavy atom. The van der Waals surface area contributed by atoms with Crippen LogP contribution in [0.5, 0.6) is 0 Å². The molecule has 3 aliphatic rings. The van der Waals surface area contributed by atoms with Crippen LogP contribution in [0.3, 0.4) is 0 Å². The molecule has 15 atom stereocenters. The van der Waals surface area contributed by atoms with E-state index in [2.05, 4.69) is 6.92 Å². The number of hydrogen-bond donors (Lipinski definition) is 9. The summed E-state index contributed by atoms with van der Waals surface area (Å²) in [6, 6.07) is 0. The summed E-state index contributed by atoms with van der Waals surface area (Å²) < 4.78 is 52.6. The highest BCUT2D eigenvalue weighted by Crippen LogP contribution is 2.29. The summed E-state index contributed by atoms with van der Waals surface area (Å²) in [5.41, 5.74) is -0.420. The summed E-state index contributed by atoms with van der Waals surface area (Å²) in [6.45, 7) is 9.98. The first-order chi connectivity index (χ1) is 27.8. The molecule has 18 nitrogen and oxygen atoms in total. The van der Waals surface area contributed by atoms with Crippen LogP contribution in [-0.4, -0.2) is 199 Å². The largest absolute Gasteiger partial charge is 0.394 e. The molecular formula is C40H76O18. The average Bonchev–Trinajstić information content (AvgIpc) is 3.22. The normalized spacial score (nSPS) is 36.9. The van der Waals surface area contributed by atoms with Gasteiger partial charge in [0.15, 0.2) is 18.9 Å². The Balaban J connectivity index is 1.34. The lowest BCUT2D eigenvalue weighted by atomic mass is 9.92. The van der Waals surface area contributed by atoms with Crippen LogP contribution >= 0.6 is 0 Å². The fourth-order valence-electron chi connectivity index (χ4n) is 7.18. The van der Waals surface area contributed by atoms with Crippen molar-refractivity contribution >= 4 is 0 Å². The highest BCUT2D eigenvalue weighted by Gasteiger charge is 2.44. The molecule has 58 heavy (non-hydrogen) atoms. The summed E-state index contributed by atoms with van der Waals surface area (Å²) in [7, 11) is 0. The molecule has 6 unspecified atom stereocenters. The Kier molecular flexibility index (Phi) is 24.4. The van der Waals surface area contributed by atoms with E-state index in [0.29, 0.717) is 72.3 Å². The van der Waals surface area contributed by atoms with Crippen molar-refractivity contribution in [3.05, 3.63) is 0 Å². The Bertz CT molecular complexity index is 1000. The van der Waals surface area contributed by atoms with Gasteiger partial charge >= 0.3 is 0 Å². The number of aliphatic hydroxyl groups excluding tert-OH is 9. The van der Waals surface area contributed by atoms with Gasteiger partial charge in [-0.05, 0) is 51.4 Å². The predicted octanol–water partition coefficient (Wildman–Crippen LogP) is -0.562. The number of rotatable bonds is 29. The van der Waals surface area contributed by atoms with E-state index in [4.69, 9.17) is 42.6 Å². The Labute approximate surface area is 343 Å². The Hall–Kier alpha value is -0.720. The van der Waals surface area contributed by atoms with Gasteiger partial charge in [0.25, 0.3) is 0 Å². The molecule has 9 N–H and O–H groups in total. The minimum Gasteiger partial charge on any atom is -0.394 e.